The van der Waals surface area contributed by atoms with Gasteiger partial charge in [0.05, 0.1) is 16.8 Å². The van der Waals surface area contributed by atoms with Gasteiger partial charge in [-0.3, -0.25) is 4.68 Å². The zero-order chi connectivity index (χ0) is 15.4. The van der Waals surface area contributed by atoms with Crippen LogP contribution in [-0.4, -0.2) is 44.4 Å². The van der Waals surface area contributed by atoms with Crippen LogP contribution < -0.4 is 5.32 Å². The second-order valence-electron chi connectivity index (χ2n) is 4.89. The van der Waals surface area contributed by atoms with Gasteiger partial charge < -0.3 is 10.4 Å². The molecule has 2 aromatic heterocycles. The molecule has 0 amide bonds. The Kier molecular flexibility index (Phi) is 5.06. The summed E-state index contributed by atoms with van der Waals surface area (Å²) < 4.78 is 1.68. The first kappa shape index (κ1) is 15.6. The largest absolute Gasteiger partial charge is 0.478 e. The average Bonchev–Trinajstić information content (AvgIpc) is 2.73. The van der Waals surface area contributed by atoms with Crippen LogP contribution in [0.3, 0.4) is 0 Å². The molecule has 6 nitrogen and oxygen atoms in total. The van der Waals surface area contributed by atoms with Gasteiger partial charge in [-0.05, 0) is 31.8 Å². The van der Waals surface area contributed by atoms with E-state index in [9.17, 15) is 9.90 Å². The smallest absolute Gasteiger partial charge is 0.339 e. The molecule has 7 heteroatoms. The molecule has 0 spiro atoms. The highest BCUT2D eigenvalue weighted by molar-refractivity contribution is 7.98. The van der Waals surface area contributed by atoms with Crippen molar-refractivity contribution in [3.63, 3.8) is 0 Å². The maximum atomic E-state index is 11.4. The van der Waals surface area contributed by atoms with Crippen LogP contribution in [0.25, 0.3) is 11.0 Å². The van der Waals surface area contributed by atoms with Crippen molar-refractivity contribution in [1.82, 2.24) is 14.8 Å². The summed E-state index contributed by atoms with van der Waals surface area (Å²) in [4.78, 5) is 15.6. The van der Waals surface area contributed by atoms with E-state index in [-0.39, 0.29) is 5.56 Å². The van der Waals surface area contributed by atoms with Gasteiger partial charge in [-0.25, -0.2) is 9.78 Å². The lowest BCUT2D eigenvalue weighted by Crippen LogP contribution is -2.09. The van der Waals surface area contributed by atoms with Crippen molar-refractivity contribution < 1.29 is 9.90 Å². The van der Waals surface area contributed by atoms with Crippen LogP contribution in [0.1, 0.15) is 28.9 Å². The Morgan fingerprint density at radius 2 is 2.24 bits per heavy atom. The fourth-order valence-electron chi connectivity index (χ4n) is 2.34. The number of hydrogen-bond donors (Lipinski definition) is 2. The maximum absolute atomic E-state index is 11.4. The molecular formula is C14H20N4O2S. The number of aromatic carboxylic acids is 1. The lowest BCUT2D eigenvalue weighted by atomic mass is 10.1. The van der Waals surface area contributed by atoms with Crippen LogP contribution in [-0.2, 0) is 7.05 Å². The minimum atomic E-state index is -0.973. The Balaban J connectivity index is 2.33. The summed E-state index contributed by atoms with van der Waals surface area (Å²) in [5.41, 5.74) is 2.31. The van der Waals surface area contributed by atoms with E-state index < -0.39 is 5.97 Å². The van der Waals surface area contributed by atoms with E-state index >= 15 is 0 Å². The first-order valence-electron chi connectivity index (χ1n) is 6.84. The van der Waals surface area contributed by atoms with E-state index in [0.717, 1.165) is 36.2 Å². The number of carboxylic acid groups (broad SMARTS) is 1. The van der Waals surface area contributed by atoms with Crippen molar-refractivity contribution in [1.29, 1.82) is 0 Å². The van der Waals surface area contributed by atoms with Gasteiger partial charge in [-0.15, -0.1) is 0 Å². The second-order valence-corrected chi connectivity index (χ2v) is 5.87. The Morgan fingerprint density at radius 1 is 1.48 bits per heavy atom. The first-order valence-corrected chi connectivity index (χ1v) is 8.24. The molecular weight excluding hydrogens is 288 g/mol. The predicted octanol–water partition coefficient (Wildman–Crippen LogP) is 2.53. The van der Waals surface area contributed by atoms with Crippen LogP contribution in [0.5, 0.6) is 0 Å². The summed E-state index contributed by atoms with van der Waals surface area (Å²) in [6.45, 7) is 2.61. The van der Waals surface area contributed by atoms with E-state index in [1.807, 2.05) is 25.7 Å². The second kappa shape index (κ2) is 6.80. The fraction of sp³-hybridized carbons (Fsp3) is 0.500. The first-order chi connectivity index (χ1) is 10.1. The highest BCUT2D eigenvalue weighted by atomic mass is 32.2. The zero-order valence-corrected chi connectivity index (χ0v) is 13.3. The topological polar surface area (TPSA) is 80.0 Å². The summed E-state index contributed by atoms with van der Waals surface area (Å²) >= 11 is 1.82. The van der Waals surface area contributed by atoms with Crippen LogP contribution in [0, 0.1) is 6.92 Å². The molecule has 21 heavy (non-hydrogen) atoms. The number of aryl methyl sites for hydroxylation is 2. The molecule has 2 N–H and O–H groups in total. The van der Waals surface area contributed by atoms with Gasteiger partial charge in [0.1, 0.15) is 5.56 Å². The van der Waals surface area contributed by atoms with E-state index in [1.54, 1.807) is 4.68 Å². The van der Waals surface area contributed by atoms with Crippen molar-refractivity contribution in [3.8, 4) is 0 Å². The number of unbranched alkanes of at least 4 members (excludes halogenated alkanes) is 1. The van der Waals surface area contributed by atoms with Gasteiger partial charge in [-0.2, -0.15) is 16.9 Å². The van der Waals surface area contributed by atoms with E-state index in [1.165, 1.54) is 6.20 Å². The highest BCUT2D eigenvalue weighted by Crippen LogP contribution is 2.28. The SMILES string of the molecule is CSCCCCNc1c(C(=O)O)cnc2c1c(C)nn2C. The molecule has 0 saturated carbocycles. The molecule has 0 aliphatic rings. The molecule has 114 valence electrons. The number of nitrogens with one attached hydrogen (secondary N) is 1. The Labute approximate surface area is 127 Å². The third-order valence-corrected chi connectivity index (χ3v) is 4.03. The third-order valence-electron chi connectivity index (χ3n) is 3.33. The van der Waals surface area contributed by atoms with Gasteiger partial charge in [0.2, 0.25) is 0 Å². The summed E-state index contributed by atoms with van der Waals surface area (Å²) in [5.74, 6) is 0.143. The minimum absolute atomic E-state index is 0.198. The average molecular weight is 308 g/mol. The number of rotatable bonds is 7. The number of nitrogens with zero attached hydrogens (tertiary/aromatic N) is 3. The van der Waals surface area contributed by atoms with Gasteiger partial charge in [0.15, 0.2) is 5.65 Å². The van der Waals surface area contributed by atoms with Crippen LogP contribution in [0.15, 0.2) is 6.20 Å². The molecule has 0 fully saturated rings. The molecule has 0 bridgehead atoms. The molecule has 0 radical (unpaired) electrons. The number of pyridine rings is 1. The maximum Gasteiger partial charge on any atom is 0.339 e. The molecule has 2 heterocycles. The lowest BCUT2D eigenvalue weighted by Gasteiger charge is -2.11. The van der Waals surface area contributed by atoms with Crippen LogP contribution in [0.2, 0.25) is 0 Å². The van der Waals surface area contributed by atoms with Crippen molar-refractivity contribution in [2.24, 2.45) is 7.05 Å². The summed E-state index contributed by atoms with van der Waals surface area (Å²) in [5, 5.41) is 17.7. The fourth-order valence-corrected chi connectivity index (χ4v) is 2.84. The lowest BCUT2D eigenvalue weighted by molar-refractivity contribution is 0.0697. The van der Waals surface area contributed by atoms with E-state index in [0.29, 0.717) is 11.3 Å². The number of carboxylic acids is 1. The molecule has 2 aromatic rings. The van der Waals surface area contributed by atoms with Crippen molar-refractivity contribution >= 4 is 34.5 Å². The molecule has 0 aliphatic carbocycles. The summed E-state index contributed by atoms with van der Waals surface area (Å²) in [7, 11) is 1.81. The Morgan fingerprint density at radius 3 is 2.90 bits per heavy atom. The summed E-state index contributed by atoms with van der Waals surface area (Å²) in [6.07, 6.45) is 5.59. The number of aromatic nitrogens is 3. The van der Waals surface area contributed by atoms with Crippen LogP contribution >= 0.6 is 11.8 Å². The monoisotopic (exact) mass is 308 g/mol. The number of hydrogen-bond acceptors (Lipinski definition) is 5. The summed E-state index contributed by atoms with van der Waals surface area (Å²) in [6, 6.07) is 0. The van der Waals surface area contributed by atoms with Crippen molar-refractivity contribution in [2.45, 2.75) is 19.8 Å². The minimum Gasteiger partial charge on any atom is -0.478 e. The van der Waals surface area contributed by atoms with Crippen molar-refractivity contribution in [3.05, 3.63) is 17.5 Å². The molecule has 2 rings (SSSR count). The Hall–Kier alpha value is -1.76. The number of anilines is 1. The molecule has 0 saturated heterocycles. The van der Waals surface area contributed by atoms with Gasteiger partial charge in [0, 0.05) is 19.8 Å². The number of fused-ring (bicyclic) bond motifs is 1. The third kappa shape index (κ3) is 3.29. The Bertz CT molecular complexity index is 654. The number of thioether (sulfide) groups is 1. The van der Waals surface area contributed by atoms with E-state index in [4.69, 9.17) is 0 Å². The van der Waals surface area contributed by atoms with Crippen LogP contribution in [0.4, 0.5) is 5.69 Å². The molecule has 0 unspecified atom stereocenters. The molecule has 0 aromatic carbocycles. The van der Waals surface area contributed by atoms with Gasteiger partial charge in [-0.1, -0.05) is 0 Å². The highest BCUT2D eigenvalue weighted by Gasteiger charge is 2.18. The molecule has 0 atom stereocenters. The normalized spacial score (nSPS) is 11.0. The number of carbonyl (C=O) groups is 1. The zero-order valence-electron chi connectivity index (χ0n) is 12.5. The van der Waals surface area contributed by atoms with E-state index in [2.05, 4.69) is 21.7 Å². The molecule has 0 aliphatic heterocycles. The van der Waals surface area contributed by atoms with Crippen molar-refractivity contribution in [2.75, 3.05) is 23.9 Å². The van der Waals surface area contributed by atoms with Gasteiger partial charge >= 0.3 is 5.97 Å². The standard InChI is InChI=1S/C14H20N4O2S/c1-9-11-12(15-6-4-5-7-21-3)10(14(19)20)8-16-13(11)18(2)17-9/h8H,4-7H2,1-3H3,(H,15,16)(H,19,20). The van der Waals surface area contributed by atoms with Gasteiger partial charge in [0.25, 0.3) is 0 Å². The quantitative estimate of drug-likeness (QED) is 0.765. The predicted molar refractivity (Wildman–Crippen MR) is 86.3 cm³/mol.